The first kappa shape index (κ1) is 34.8. The molecule has 3 aliphatic heterocycles. The van der Waals surface area contributed by atoms with Crippen LogP contribution in [0.5, 0.6) is 0 Å². The topological polar surface area (TPSA) is 18.8 Å². The monoisotopic (exact) mass is 716 g/mol. The Morgan fingerprint density at radius 2 is 1.26 bits per heavy atom. The van der Waals surface area contributed by atoms with E-state index in [0.717, 1.165) is 83.6 Å². The molecule has 0 radical (unpaired) electrons. The third-order valence-electron chi connectivity index (χ3n) is 19.5. The molecule has 15 atom stereocenters. The Kier molecular flexibility index (Phi) is 8.22. The quantitative estimate of drug-likeness (QED) is 0.289. The van der Waals surface area contributed by atoms with Crippen molar-refractivity contribution in [2.75, 3.05) is 0 Å². The molecule has 3 heterocycles. The molecule has 12 rings (SSSR count). The summed E-state index contributed by atoms with van der Waals surface area (Å²) in [6.45, 7) is 20.9. The van der Waals surface area contributed by atoms with Crippen molar-refractivity contribution >= 4 is 18.1 Å². The molecule has 3 nitrogen and oxygen atoms in total. The van der Waals surface area contributed by atoms with Gasteiger partial charge in [0.2, 0.25) is 0 Å². The molecule has 53 heavy (non-hydrogen) atoms. The number of fused-ring (bicyclic) bond motifs is 7. The van der Waals surface area contributed by atoms with E-state index in [0.29, 0.717) is 41.9 Å². The number of rotatable bonds is 4. The van der Waals surface area contributed by atoms with Crippen LogP contribution in [0.1, 0.15) is 180 Å². The number of hydrogen-bond donors (Lipinski definition) is 0. The second kappa shape index (κ2) is 12.5. The summed E-state index contributed by atoms with van der Waals surface area (Å²) in [4.78, 5) is 12.5. The van der Waals surface area contributed by atoms with Gasteiger partial charge in [-0.15, -0.1) is 0 Å². The van der Waals surface area contributed by atoms with Gasteiger partial charge in [-0.1, -0.05) is 110 Å². The van der Waals surface area contributed by atoms with Crippen LogP contribution in [0.3, 0.4) is 0 Å². The maximum absolute atomic E-state index is 6.06. The SMILES string of the molecule is CC(C)c1cc(C(C)C)c(B2C3CC4C5CC6CC(C5)CC(C6)C4CC3N3C4=NC5CC(C)C(C)CC5N4C4CCCC5CCC2C3C54)c(C(C)C)c1. The lowest BCUT2D eigenvalue weighted by atomic mass is 9.21. The molecule has 1 aromatic rings. The molecular weight excluding hydrogens is 641 g/mol. The Hall–Kier alpha value is -1.45. The maximum atomic E-state index is 6.06. The highest BCUT2D eigenvalue weighted by atomic mass is 15.5. The van der Waals surface area contributed by atoms with Crippen LogP contribution in [0, 0.1) is 59.2 Å². The highest BCUT2D eigenvalue weighted by Crippen LogP contribution is 2.66. The van der Waals surface area contributed by atoms with Crippen LogP contribution < -0.4 is 5.46 Å². The summed E-state index contributed by atoms with van der Waals surface area (Å²) in [7, 11) is 0. The molecule has 0 aromatic heterocycles. The molecule has 15 unspecified atom stereocenters. The average Bonchev–Trinajstić information content (AvgIpc) is 3.41. The van der Waals surface area contributed by atoms with Gasteiger partial charge in [-0.05, 0) is 152 Å². The summed E-state index contributed by atoms with van der Waals surface area (Å²) < 4.78 is 0. The molecule has 0 amide bonds. The molecule has 4 heteroatoms. The van der Waals surface area contributed by atoms with E-state index in [4.69, 9.17) is 4.99 Å². The van der Waals surface area contributed by atoms with E-state index in [9.17, 15) is 0 Å². The van der Waals surface area contributed by atoms with Gasteiger partial charge in [-0.3, -0.25) is 0 Å². The summed E-state index contributed by atoms with van der Waals surface area (Å²) in [6.07, 6.45) is 20.9. The predicted octanol–water partition coefficient (Wildman–Crippen LogP) is 11.1. The van der Waals surface area contributed by atoms with E-state index in [1.807, 2.05) is 5.46 Å². The third-order valence-corrected chi connectivity index (χ3v) is 19.5. The van der Waals surface area contributed by atoms with Gasteiger partial charge < -0.3 is 9.80 Å². The molecular formula is C49H74BN3. The van der Waals surface area contributed by atoms with Crippen molar-refractivity contribution in [2.24, 2.45) is 64.2 Å². The number of benzene rings is 1. The van der Waals surface area contributed by atoms with Gasteiger partial charge in [0.15, 0.2) is 12.7 Å². The average molecular weight is 716 g/mol. The van der Waals surface area contributed by atoms with E-state index in [2.05, 4.69) is 77.3 Å². The molecule has 4 bridgehead atoms. The van der Waals surface area contributed by atoms with E-state index >= 15 is 0 Å². The number of hydrogen-bond acceptors (Lipinski definition) is 3. The van der Waals surface area contributed by atoms with Gasteiger partial charge >= 0.3 is 0 Å². The standard InChI is InChI=1S/C49H74BN3/c1-25(2)33-21-36(26(3)4)47(37(22-33)27(5)6)50-40-13-12-32-10-9-11-43-46(32)48(40)53(49-51-42-14-28(7)29(8)15-45(42)52(43)49)44-24-39-35-19-30-16-31(20-35)18-34(17-30)38(39)23-41(44)50/h21-22,25-32,34-35,38-46,48H,9-20,23-24H2,1-8H3. The fourth-order valence-electron chi connectivity index (χ4n) is 17.4. The highest BCUT2D eigenvalue weighted by molar-refractivity contribution is 6.77. The van der Waals surface area contributed by atoms with Crippen molar-refractivity contribution in [3.63, 3.8) is 0 Å². The molecule has 0 N–H and O–H groups in total. The van der Waals surface area contributed by atoms with Gasteiger partial charge in [-0.2, -0.15) is 0 Å². The molecule has 2 saturated heterocycles. The Bertz CT molecular complexity index is 1590. The minimum Gasteiger partial charge on any atom is -0.337 e. The summed E-state index contributed by atoms with van der Waals surface area (Å²) in [5, 5.41) is 0. The van der Waals surface area contributed by atoms with Gasteiger partial charge in [0, 0.05) is 24.0 Å². The first-order valence-electron chi connectivity index (χ1n) is 23.9. The third kappa shape index (κ3) is 5.05. The number of nitrogens with zero attached hydrogens (tertiary/aromatic N) is 3. The molecule has 8 saturated carbocycles. The van der Waals surface area contributed by atoms with E-state index in [1.54, 1.807) is 54.8 Å². The van der Waals surface area contributed by atoms with Crippen molar-refractivity contribution < 1.29 is 0 Å². The highest BCUT2D eigenvalue weighted by Gasteiger charge is 2.67. The van der Waals surface area contributed by atoms with Gasteiger partial charge in [0.25, 0.3) is 0 Å². The van der Waals surface area contributed by atoms with E-state index in [1.165, 1.54) is 57.8 Å². The van der Waals surface area contributed by atoms with Crippen molar-refractivity contribution in [3.05, 3.63) is 28.8 Å². The number of aliphatic imine (C=N–C) groups is 1. The molecule has 1 aromatic carbocycles. The molecule has 288 valence electrons. The lowest BCUT2D eigenvalue weighted by molar-refractivity contribution is -0.0678. The van der Waals surface area contributed by atoms with E-state index < -0.39 is 0 Å². The van der Waals surface area contributed by atoms with Crippen LogP contribution in [0.25, 0.3) is 0 Å². The van der Waals surface area contributed by atoms with E-state index in [-0.39, 0.29) is 0 Å². The van der Waals surface area contributed by atoms with Crippen LogP contribution in [-0.4, -0.2) is 52.7 Å². The first-order valence-corrected chi connectivity index (χ1v) is 23.9. The van der Waals surface area contributed by atoms with Crippen molar-refractivity contribution in [2.45, 2.75) is 205 Å². The van der Waals surface area contributed by atoms with Gasteiger partial charge in [0.05, 0.1) is 12.1 Å². The summed E-state index contributed by atoms with van der Waals surface area (Å²) in [5.74, 6) is 14.3. The predicted molar refractivity (Wildman–Crippen MR) is 223 cm³/mol. The summed E-state index contributed by atoms with van der Waals surface area (Å²) >= 11 is 0. The molecule has 10 fully saturated rings. The normalized spacial score (nSPS) is 47.6. The second-order valence-corrected chi connectivity index (χ2v) is 22.9. The summed E-state index contributed by atoms with van der Waals surface area (Å²) in [6, 6.07) is 8.80. The lowest BCUT2D eigenvalue weighted by Gasteiger charge is -2.68. The minimum absolute atomic E-state index is 0.538. The Morgan fingerprint density at radius 1 is 0.604 bits per heavy atom. The molecule has 0 spiro atoms. The minimum atomic E-state index is 0.538. The first-order chi connectivity index (χ1) is 25.5. The zero-order valence-electron chi connectivity index (χ0n) is 35.0. The van der Waals surface area contributed by atoms with Crippen LogP contribution in [0.15, 0.2) is 17.1 Å². The van der Waals surface area contributed by atoms with Gasteiger partial charge in [0.1, 0.15) is 0 Å². The Balaban J connectivity index is 1.11. The Morgan fingerprint density at radius 3 is 1.92 bits per heavy atom. The van der Waals surface area contributed by atoms with Crippen LogP contribution in [0.2, 0.25) is 11.6 Å². The fraction of sp³-hybridized carbons (Fsp3) is 0.857. The Labute approximate surface area is 324 Å². The van der Waals surface area contributed by atoms with Crippen LogP contribution in [-0.2, 0) is 0 Å². The zero-order chi connectivity index (χ0) is 36.2. The van der Waals surface area contributed by atoms with Crippen molar-refractivity contribution in [1.82, 2.24) is 9.80 Å². The fourth-order valence-corrected chi connectivity index (χ4v) is 17.4. The maximum Gasteiger partial charge on any atom is 0.198 e. The molecule has 11 aliphatic rings. The van der Waals surface area contributed by atoms with Crippen LogP contribution >= 0.6 is 0 Å². The lowest BCUT2D eigenvalue weighted by Crippen LogP contribution is -2.77. The smallest absolute Gasteiger partial charge is 0.198 e. The van der Waals surface area contributed by atoms with Gasteiger partial charge in [-0.25, -0.2) is 4.99 Å². The number of guanidine groups is 1. The molecule has 8 aliphatic carbocycles. The van der Waals surface area contributed by atoms with Crippen molar-refractivity contribution in [3.8, 4) is 0 Å². The van der Waals surface area contributed by atoms with Crippen LogP contribution in [0.4, 0.5) is 0 Å². The van der Waals surface area contributed by atoms with Crippen molar-refractivity contribution in [1.29, 1.82) is 0 Å². The largest absolute Gasteiger partial charge is 0.337 e. The zero-order valence-corrected chi connectivity index (χ0v) is 35.0. The second-order valence-electron chi connectivity index (χ2n) is 22.9. The summed E-state index contributed by atoms with van der Waals surface area (Å²) in [5.41, 5.74) is 6.96.